The van der Waals surface area contributed by atoms with Gasteiger partial charge in [0.15, 0.2) is 0 Å². The number of rotatable bonds is 3. The first-order chi connectivity index (χ1) is 8.37. The predicted molar refractivity (Wildman–Crippen MR) is 69.7 cm³/mol. The number of nitrogens with one attached hydrogen (secondary N) is 1. The number of oxazole rings is 1. The third-order valence-electron chi connectivity index (χ3n) is 2.80. The van der Waals surface area contributed by atoms with Crippen LogP contribution in [0.3, 0.4) is 0 Å². The molecular weight excluding hydrogens is 228 g/mol. The maximum Gasteiger partial charge on any atom is 0.307 e. The van der Waals surface area contributed by atoms with Gasteiger partial charge in [-0.2, -0.15) is 4.98 Å². The largest absolute Gasteiger partial charge is 0.431 e. The highest BCUT2D eigenvalue weighted by Gasteiger charge is 2.13. The van der Waals surface area contributed by atoms with Gasteiger partial charge in [0.05, 0.1) is 11.4 Å². The Bertz CT molecular complexity index is 533. The molecule has 18 heavy (non-hydrogen) atoms. The Balaban J connectivity index is 2.13. The van der Waals surface area contributed by atoms with E-state index in [0.29, 0.717) is 12.6 Å². The van der Waals surface area contributed by atoms with Crippen LogP contribution in [0.2, 0.25) is 0 Å². The van der Waals surface area contributed by atoms with Gasteiger partial charge < -0.3 is 9.73 Å². The van der Waals surface area contributed by atoms with Crippen molar-refractivity contribution in [2.24, 2.45) is 0 Å². The summed E-state index contributed by atoms with van der Waals surface area (Å²) in [6.07, 6.45) is 3.42. The highest BCUT2D eigenvalue weighted by molar-refractivity contribution is 5.20. The SMILES string of the molecule is Cc1ncn(-c2nc(CNC(C)(C)C)co2)c1C. The number of hydrogen-bond acceptors (Lipinski definition) is 4. The second-order valence-electron chi connectivity index (χ2n) is 5.51. The summed E-state index contributed by atoms with van der Waals surface area (Å²) >= 11 is 0. The zero-order valence-corrected chi connectivity index (χ0v) is 11.6. The van der Waals surface area contributed by atoms with Gasteiger partial charge in [0.2, 0.25) is 0 Å². The standard InChI is InChI=1S/C13H20N4O/c1-9-10(2)17(8-14-9)12-16-11(7-18-12)6-15-13(3,4)5/h7-8,15H,6H2,1-5H3. The molecular formula is C13H20N4O. The van der Waals surface area contributed by atoms with Gasteiger partial charge >= 0.3 is 6.01 Å². The van der Waals surface area contributed by atoms with Crippen molar-refractivity contribution in [3.05, 3.63) is 29.7 Å². The Morgan fingerprint density at radius 1 is 1.33 bits per heavy atom. The Kier molecular flexibility index (Phi) is 3.26. The first kappa shape index (κ1) is 12.8. The Hall–Kier alpha value is -1.62. The van der Waals surface area contributed by atoms with E-state index >= 15 is 0 Å². The molecule has 0 aliphatic heterocycles. The first-order valence-electron chi connectivity index (χ1n) is 6.07. The van der Waals surface area contributed by atoms with Gasteiger partial charge in [-0.1, -0.05) is 0 Å². The monoisotopic (exact) mass is 248 g/mol. The van der Waals surface area contributed by atoms with Gasteiger partial charge in [-0.15, -0.1) is 0 Å². The molecule has 0 atom stereocenters. The lowest BCUT2D eigenvalue weighted by molar-refractivity contribution is 0.421. The Morgan fingerprint density at radius 3 is 2.61 bits per heavy atom. The molecule has 0 spiro atoms. The number of nitrogens with zero attached hydrogens (tertiary/aromatic N) is 3. The van der Waals surface area contributed by atoms with Gasteiger partial charge in [0.1, 0.15) is 12.6 Å². The highest BCUT2D eigenvalue weighted by Crippen LogP contribution is 2.13. The molecule has 0 saturated carbocycles. The number of aromatic nitrogens is 3. The molecule has 5 nitrogen and oxygen atoms in total. The van der Waals surface area contributed by atoms with Crippen LogP contribution in [0, 0.1) is 13.8 Å². The number of aryl methyl sites for hydroxylation is 1. The van der Waals surface area contributed by atoms with Crippen LogP contribution in [-0.2, 0) is 6.54 Å². The third-order valence-corrected chi connectivity index (χ3v) is 2.80. The van der Waals surface area contributed by atoms with E-state index in [0.717, 1.165) is 17.1 Å². The van der Waals surface area contributed by atoms with Crippen LogP contribution in [0.1, 0.15) is 37.9 Å². The Labute approximate surface area is 107 Å². The summed E-state index contributed by atoms with van der Waals surface area (Å²) in [5.41, 5.74) is 3.00. The molecule has 1 N–H and O–H groups in total. The summed E-state index contributed by atoms with van der Waals surface area (Å²) in [6.45, 7) is 11.0. The molecule has 0 unspecified atom stereocenters. The molecule has 2 heterocycles. The van der Waals surface area contributed by atoms with Crippen molar-refractivity contribution in [2.45, 2.75) is 46.7 Å². The minimum Gasteiger partial charge on any atom is -0.431 e. The second-order valence-corrected chi connectivity index (χ2v) is 5.51. The van der Waals surface area contributed by atoms with E-state index in [9.17, 15) is 0 Å². The van der Waals surface area contributed by atoms with Crippen molar-refractivity contribution < 1.29 is 4.42 Å². The zero-order chi connectivity index (χ0) is 13.3. The van der Waals surface area contributed by atoms with Crippen molar-refractivity contribution in [1.82, 2.24) is 19.9 Å². The lowest BCUT2D eigenvalue weighted by Crippen LogP contribution is -2.35. The van der Waals surface area contributed by atoms with E-state index < -0.39 is 0 Å². The van der Waals surface area contributed by atoms with Crippen molar-refractivity contribution in [1.29, 1.82) is 0 Å². The minimum atomic E-state index is 0.0701. The van der Waals surface area contributed by atoms with Gasteiger partial charge in [0.25, 0.3) is 0 Å². The average Bonchev–Trinajstić information content (AvgIpc) is 2.84. The van der Waals surface area contributed by atoms with E-state index in [-0.39, 0.29) is 5.54 Å². The highest BCUT2D eigenvalue weighted by atomic mass is 16.4. The maximum atomic E-state index is 5.48. The minimum absolute atomic E-state index is 0.0701. The molecule has 2 rings (SSSR count). The van der Waals surface area contributed by atoms with Crippen molar-refractivity contribution >= 4 is 0 Å². The molecule has 0 amide bonds. The molecule has 0 aliphatic carbocycles. The second kappa shape index (κ2) is 4.57. The molecule has 0 bridgehead atoms. The fourth-order valence-electron chi connectivity index (χ4n) is 1.54. The summed E-state index contributed by atoms with van der Waals surface area (Å²) < 4.78 is 7.34. The van der Waals surface area contributed by atoms with E-state index in [2.05, 4.69) is 36.1 Å². The van der Waals surface area contributed by atoms with E-state index in [1.54, 1.807) is 12.6 Å². The fraction of sp³-hybridized carbons (Fsp3) is 0.538. The summed E-state index contributed by atoms with van der Waals surface area (Å²) in [6, 6.07) is 0.568. The van der Waals surface area contributed by atoms with E-state index in [1.807, 2.05) is 18.4 Å². The van der Waals surface area contributed by atoms with Crippen LogP contribution in [0.25, 0.3) is 6.01 Å². The fourth-order valence-corrected chi connectivity index (χ4v) is 1.54. The number of imidazole rings is 1. The van der Waals surface area contributed by atoms with Crippen LogP contribution in [0.4, 0.5) is 0 Å². The third kappa shape index (κ3) is 2.79. The van der Waals surface area contributed by atoms with Gasteiger partial charge in [-0.3, -0.25) is 4.57 Å². The molecule has 2 aromatic heterocycles. The molecule has 98 valence electrons. The first-order valence-corrected chi connectivity index (χ1v) is 6.07. The molecule has 5 heteroatoms. The summed E-state index contributed by atoms with van der Waals surface area (Å²) in [5, 5.41) is 3.38. The molecule has 0 aromatic carbocycles. The Morgan fingerprint density at radius 2 is 2.06 bits per heavy atom. The maximum absolute atomic E-state index is 5.48. The number of hydrogen-bond donors (Lipinski definition) is 1. The summed E-state index contributed by atoms with van der Waals surface area (Å²) in [4.78, 5) is 8.69. The molecule has 2 aromatic rings. The summed E-state index contributed by atoms with van der Waals surface area (Å²) in [5.74, 6) is 0. The van der Waals surface area contributed by atoms with Gasteiger partial charge in [0, 0.05) is 17.8 Å². The zero-order valence-electron chi connectivity index (χ0n) is 11.6. The predicted octanol–water partition coefficient (Wildman–Crippen LogP) is 2.37. The smallest absolute Gasteiger partial charge is 0.307 e. The van der Waals surface area contributed by atoms with Crippen LogP contribution in [-0.4, -0.2) is 20.1 Å². The van der Waals surface area contributed by atoms with Crippen molar-refractivity contribution in [3.63, 3.8) is 0 Å². The molecule has 0 saturated heterocycles. The summed E-state index contributed by atoms with van der Waals surface area (Å²) in [7, 11) is 0. The van der Waals surface area contributed by atoms with E-state index in [4.69, 9.17) is 4.42 Å². The quantitative estimate of drug-likeness (QED) is 0.906. The van der Waals surface area contributed by atoms with Crippen LogP contribution in [0.5, 0.6) is 0 Å². The van der Waals surface area contributed by atoms with Crippen molar-refractivity contribution in [2.75, 3.05) is 0 Å². The normalized spacial score (nSPS) is 12.1. The topological polar surface area (TPSA) is 55.9 Å². The van der Waals surface area contributed by atoms with E-state index in [1.165, 1.54) is 0 Å². The van der Waals surface area contributed by atoms with Crippen molar-refractivity contribution in [3.8, 4) is 6.01 Å². The lowest BCUT2D eigenvalue weighted by atomic mass is 10.1. The van der Waals surface area contributed by atoms with Crippen LogP contribution < -0.4 is 5.32 Å². The van der Waals surface area contributed by atoms with Crippen LogP contribution >= 0.6 is 0 Å². The molecule has 0 fully saturated rings. The molecule has 0 radical (unpaired) electrons. The van der Waals surface area contributed by atoms with Gasteiger partial charge in [-0.25, -0.2) is 4.98 Å². The average molecular weight is 248 g/mol. The van der Waals surface area contributed by atoms with Crippen LogP contribution in [0.15, 0.2) is 17.0 Å². The lowest BCUT2D eigenvalue weighted by Gasteiger charge is -2.19. The molecule has 0 aliphatic rings. The van der Waals surface area contributed by atoms with Gasteiger partial charge in [-0.05, 0) is 34.6 Å².